The maximum absolute atomic E-state index is 12.3. The lowest BCUT2D eigenvalue weighted by Crippen LogP contribution is -2.42. The molecule has 4 nitrogen and oxygen atoms in total. The zero-order chi connectivity index (χ0) is 16.3. The van der Waals surface area contributed by atoms with Gasteiger partial charge in [0.25, 0.3) is 0 Å². The summed E-state index contributed by atoms with van der Waals surface area (Å²) < 4.78 is 6.55. The summed E-state index contributed by atoms with van der Waals surface area (Å²) in [6, 6.07) is 6.37. The lowest BCUT2D eigenvalue weighted by atomic mass is 10.1. The molecule has 5 heteroatoms. The van der Waals surface area contributed by atoms with Crippen LogP contribution in [-0.2, 0) is 4.74 Å². The second-order valence-electron chi connectivity index (χ2n) is 6.81. The Morgan fingerprint density at radius 3 is 2.86 bits per heavy atom. The molecule has 0 radical (unpaired) electrons. The van der Waals surface area contributed by atoms with Crippen LogP contribution in [0.3, 0.4) is 0 Å². The number of nitrogens with one attached hydrogen (secondary N) is 1. The van der Waals surface area contributed by atoms with Crippen molar-refractivity contribution in [3.05, 3.63) is 28.2 Å². The minimum atomic E-state index is -0.446. The second kappa shape index (κ2) is 6.90. The van der Waals surface area contributed by atoms with Crippen molar-refractivity contribution >= 4 is 27.7 Å². The quantitative estimate of drug-likeness (QED) is 0.849. The highest BCUT2D eigenvalue weighted by Gasteiger charge is 2.31. The van der Waals surface area contributed by atoms with Crippen molar-refractivity contribution in [1.82, 2.24) is 4.90 Å². The van der Waals surface area contributed by atoms with E-state index >= 15 is 0 Å². The fourth-order valence-electron chi connectivity index (χ4n) is 2.62. The summed E-state index contributed by atoms with van der Waals surface area (Å²) in [7, 11) is 0. The van der Waals surface area contributed by atoms with E-state index in [2.05, 4.69) is 40.3 Å². The summed E-state index contributed by atoms with van der Waals surface area (Å²) >= 11 is 3.49. The highest BCUT2D eigenvalue weighted by molar-refractivity contribution is 9.10. The van der Waals surface area contributed by atoms with Gasteiger partial charge in [0.1, 0.15) is 5.60 Å². The number of aryl methyl sites for hydroxylation is 1. The molecule has 1 aliphatic heterocycles. The number of carbonyl (C=O) groups excluding carboxylic acids is 1. The molecule has 1 saturated heterocycles. The van der Waals surface area contributed by atoms with Crippen LogP contribution in [0.25, 0.3) is 0 Å². The van der Waals surface area contributed by atoms with E-state index in [0.29, 0.717) is 0 Å². The largest absolute Gasteiger partial charge is 0.444 e. The second-order valence-corrected chi connectivity index (χ2v) is 7.73. The molecule has 1 aromatic carbocycles. The van der Waals surface area contributed by atoms with E-state index in [-0.39, 0.29) is 12.1 Å². The zero-order valence-corrected chi connectivity index (χ0v) is 15.4. The van der Waals surface area contributed by atoms with Gasteiger partial charge in [0, 0.05) is 23.2 Å². The Kier molecular flexibility index (Phi) is 5.37. The van der Waals surface area contributed by atoms with E-state index in [1.165, 1.54) is 5.56 Å². The van der Waals surface area contributed by atoms with Gasteiger partial charge in [-0.3, -0.25) is 0 Å². The Bertz CT molecular complexity index is 540. The van der Waals surface area contributed by atoms with Crippen molar-refractivity contribution in [3.8, 4) is 0 Å². The molecule has 1 atom stereocenters. The maximum atomic E-state index is 12.3. The third-order valence-corrected chi connectivity index (χ3v) is 4.23. The van der Waals surface area contributed by atoms with Gasteiger partial charge in [0.2, 0.25) is 0 Å². The van der Waals surface area contributed by atoms with Gasteiger partial charge in [0.15, 0.2) is 0 Å². The van der Waals surface area contributed by atoms with E-state index in [1.54, 1.807) is 0 Å². The van der Waals surface area contributed by atoms with Crippen LogP contribution >= 0.6 is 15.9 Å². The van der Waals surface area contributed by atoms with Gasteiger partial charge >= 0.3 is 6.09 Å². The molecule has 0 saturated carbocycles. The lowest BCUT2D eigenvalue weighted by Gasteiger charge is -2.29. The summed E-state index contributed by atoms with van der Waals surface area (Å²) in [5, 5.41) is 3.46. The van der Waals surface area contributed by atoms with E-state index < -0.39 is 5.60 Å². The monoisotopic (exact) mass is 368 g/mol. The topological polar surface area (TPSA) is 41.6 Å². The minimum Gasteiger partial charge on any atom is -0.444 e. The van der Waals surface area contributed by atoms with Crippen molar-refractivity contribution in [2.45, 2.75) is 52.2 Å². The van der Waals surface area contributed by atoms with E-state index in [1.807, 2.05) is 31.7 Å². The predicted molar refractivity (Wildman–Crippen MR) is 93.3 cm³/mol. The third-order valence-electron chi connectivity index (χ3n) is 3.73. The molecular weight excluding hydrogens is 344 g/mol. The fourth-order valence-corrected chi connectivity index (χ4v) is 2.98. The number of likely N-dealkylation sites (tertiary alicyclic amines) is 1. The van der Waals surface area contributed by atoms with Crippen LogP contribution in [0.5, 0.6) is 0 Å². The summed E-state index contributed by atoms with van der Waals surface area (Å²) in [4.78, 5) is 14.1. The Balaban J connectivity index is 1.97. The van der Waals surface area contributed by atoms with Gasteiger partial charge in [-0.05, 0) is 58.2 Å². The number of ether oxygens (including phenoxy) is 1. The minimum absolute atomic E-state index is 0.188. The van der Waals surface area contributed by atoms with Gasteiger partial charge < -0.3 is 15.0 Å². The van der Waals surface area contributed by atoms with Gasteiger partial charge in [-0.15, -0.1) is 0 Å². The van der Waals surface area contributed by atoms with Gasteiger partial charge in [0.05, 0.1) is 6.04 Å². The van der Waals surface area contributed by atoms with Crippen LogP contribution in [0.4, 0.5) is 10.5 Å². The Morgan fingerprint density at radius 2 is 2.18 bits per heavy atom. The summed E-state index contributed by atoms with van der Waals surface area (Å²) in [6.45, 7) is 9.31. The van der Waals surface area contributed by atoms with Crippen LogP contribution in [0.15, 0.2) is 22.7 Å². The summed E-state index contributed by atoms with van der Waals surface area (Å²) in [5.41, 5.74) is 1.86. The highest BCUT2D eigenvalue weighted by Crippen LogP contribution is 2.24. The average Bonchev–Trinajstić information content (AvgIpc) is 2.86. The third kappa shape index (κ3) is 4.63. The molecule has 1 fully saturated rings. The molecule has 0 aliphatic carbocycles. The molecule has 1 aromatic rings. The number of rotatable bonds is 3. The first-order chi connectivity index (χ1) is 10.3. The molecule has 122 valence electrons. The molecule has 1 amide bonds. The average molecular weight is 369 g/mol. The van der Waals surface area contributed by atoms with Gasteiger partial charge in [-0.2, -0.15) is 0 Å². The SMILES string of the molecule is Cc1ccc(Br)cc1NCC1CCCN1C(=O)OC(C)(C)C. The molecule has 1 aliphatic rings. The lowest BCUT2D eigenvalue weighted by molar-refractivity contribution is 0.0235. The molecule has 1 unspecified atom stereocenters. The van der Waals surface area contributed by atoms with Crippen molar-refractivity contribution < 1.29 is 9.53 Å². The van der Waals surface area contributed by atoms with E-state index in [4.69, 9.17) is 4.74 Å². The molecule has 1 N–H and O–H groups in total. The van der Waals surface area contributed by atoms with Gasteiger partial charge in [-0.25, -0.2) is 4.79 Å². The molecule has 0 bridgehead atoms. The first-order valence-corrected chi connectivity index (χ1v) is 8.55. The number of anilines is 1. The van der Waals surface area contributed by atoms with Crippen molar-refractivity contribution in [1.29, 1.82) is 0 Å². The zero-order valence-electron chi connectivity index (χ0n) is 13.8. The first-order valence-electron chi connectivity index (χ1n) is 7.76. The smallest absolute Gasteiger partial charge is 0.410 e. The standard InChI is InChI=1S/C17H25BrN2O2/c1-12-7-8-13(18)10-15(12)19-11-14-6-5-9-20(14)16(21)22-17(2,3)4/h7-8,10,14,19H,5-6,9,11H2,1-4H3. The molecule has 0 aromatic heterocycles. The maximum Gasteiger partial charge on any atom is 0.410 e. The molecule has 2 rings (SSSR count). The Labute approximate surface area is 141 Å². The van der Waals surface area contributed by atoms with E-state index in [9.17, 15) is 4.79 Å². The molecule has 22 heavy (non-hydrogen) atoms. The first kappa shape index (κ1) is 17.1. The number of hydrogen-bond acceptors (Lipinski definition) is 3. The molecule has 0 spiro atoms. The van der Waals surface area contributed by atoms with Gasteiger partial charge in [-0.1, -0.05) is 22.0 Å². The summed E-state index contributed by atoms with van der Waals surface area (Å²) in [6.07, 6.45) is 1.84. The highest BCUT2D eigenvalue weighted by atomic mass is 79.9. The predicted octanol–water partition coefficient (Wildman–Crippen LogP) is 4.57. The fraction of sp³-hybridized carbons (Fsp3) is 0.588. The Hall–Kier alpha value is -1.23. The number of amides is 1. The Morgan fingerprint density at radius 1 is 1.45 bits per heavy atom. The van der Waals surface area contributed by atoms with Crippen molar-refractivity contribution in [2.24, 2.45) is 0 Å². The molecular formula is C17H25BrN2O2. The number of halogens is 1. The van der Waals surface area contributed by atoms with Crippen LogP contribution in [0.1, 0.15) is 39.2 Å². The van der Waals surface area contributed by atoms with Crippen LogP contribution in [-0.4, -0.2) is 35.7 Å². The van der Waals surface area contributed by atoms with Crippen molar-refractivity contribution in [2.75, 3.05) is 18.4 Å². The van der Waals surface area contributed by atoms with Crippen LogP contribution in [0, 0.1) is 6.92 Å². The van der Waals surface area contributed by atoms with E-state index in [0.717, 1.165) is 36.1 Å². The number of hydrogen-bond donors (Lipinski definition) is 1. The number of carbonyl (C=O) groups is 1. The summed E-state index contributed by atoms with van der Waals surface area (Å²) in [5.74, 6) is 0. The number of benzene rings is 1. The van der Waals surface area contributed by atoms with Crippen LogP contribution in [0.2, 0.25) is 0 Å². The number of nitrogens with zero attached hydrogens (tertiary/aromatic N) is 1. The normalized spacial score (nSPS) is 18.4. The van der Waals surface area contributed by atoms with Crippen LogP contribution < -0.4 is 5.32 Å². The molecule has 1 heterocycles. The van der Waals surface area contributed by atoms with Crippen molar-refractivity contribution in [3.63, 3.8) is 0 Å².